The number of nitrogens with one attached hydrogen (secondary N) is 2. The average Bonchev–Trinajstić information content (AvgIpc) is 3.26. The van der Waals surface area contributed by atoms with Gasteiger partial charge in [0.2, 0.25) is 0 Å². The van der Waals surface area contributed by atoms with Gasteiger partial charge in [-0.3, -0.25) is 4.79 Å². The van der Waals surface area contributed by atoms with Crippen molar-refractivity contribution in [3.05, 3.63) is 82.6 Å². The maximum atomic E-state index is 14.0. The van der Waals surface area contributed by atoms with Gasteiger partial charge in [-0.1, -0.05) is 41.6 Å². The van der Waals surface area contributed by atoms with E-state index < -0.39 is 5.82 Å². The normalized spacial score (nSPS) is 11.1. The zero-order valence-corrected chi connectivity index (χ0v) is 19.6. The first-order valence-electron chi connectivity index (χ1n) is 10.2. The predicted octanol–water partition coefficient (Wildman–Crippen LogP) is 5.19. The van der Waals surface area contributed by atoms with Gasteiger partial charge in [0, 0.05) is 5.56 Å². The lowest BCUT2D eigenvalue weighted by atomic mass is 10.2. The molecule has 0 aliphatic heterocycles. The lowest BCUT2D eigenvalue weighted by Crippen LogP contribution is -2.19. The van der Waals surface area contributed by atoms with Crippen molar-refractivity contribution >= 4 is 46.5 Å². The third kappa shape index (κ3) is 5.86. The number of hydrogen-bond donors (Lipinski definition) is 2. The molecule has 0 unspecified atom stereocenters. The molecule has 1 heterocycles. The number of carbonyl (C=O) groups excluding carboxylic acids is 1. The molecule has 174 valence electrons. The van der Waals surface area contributed by atoms with Crippen molar-refractivity contribution in [1.82, 2.24) is 15.4 Å². The van der Waals surface area contributed by atoms with Crippen LogP contribution in [0.25, 0.3) is 11.0 Å². The van der Waals surface area contributed by atoms with Crippen molar-refractivity contribution in [2.24, 2.45) is 5.10 Å². The second-order valence-electron chi connectivity index (χ2n) is 7.04. The number of carbonyl (C=O) groups is 1. The van der Waals surface area contributed by atoms with Gasteiger partial charge in [-0.25, -0.2) is 14.8 Å². The van der Waals surface area contributed by atoms with Gasteiger partial charge in [0.15, 0.2) is 16.7 Å². The van der Waals surface area contributed by atoms with Gasteiger partial charge >= 0.3 is 0 Å². The molecule has 0 bridgehead atoms. The summed E-state index contributed by atoms with van der Waals surface area (Å²) in [5.41, 5.74) is 5.20. The molecule has 34 heavy (non-hydrogen) atoms. The molecule has 2 N–H and O–H groups in total. The third-order valence-electron chi connectivity index (χ3n) is 4.73. The highest BCUT2D eigenvalue weighted by Gasteiger charge is 2.11. The summed E-state index contributed by atoms with van der Waals surface area (Å²) in [5, 5.41) is 4.94. The monoisotopic (exact) mass is 498 g/mol. The summed E-state index contributed by atoms with van der Waals surface area (Å²) in [5.74, 6) is 0.305. The Morgan fingerprint density at radius 2 is 2.06 bits per heavy atom. The minimum atomic E-state index is -0.440. The number of amides is 1. The first kappa shape index (κ1) is 23.6. The number of hydrogen-bond acceptors (Lipinski definition) is 6. The van der Waals surface area contributed by atoms with Crippen LogP contribution in [0, 0.1) is 5.82 Å². The molecule has 0 aliphatic rings. The number of hydrazone groups is 1. The number of aromatic nitrogens is 2. The molecule has 0 spiro atoms. The lowest BCUT2D eigenvalue weighted by Gasteiger charge is -2.12. The summed E-state index contributed by atoms with van der Waals surface area (Å²) in [6, 6.07) is 17.2. The minimum absolute atomic E-state index is 0.0474. The van der Waals surface area contributed by atoms with Crippen molar-refractivity contribution in [3.8, 4) is 11.5 Å². The Hall–Kier alpha value is -3.56. The molecule has 0 atom stereocenters. The highest BCUT2D eigenvalue weighted by atomic mass is 35.5. The molecule has 4 rings (SSSR count). The largest absolute Gasteiger partial charge is 0.493 e. The maximum absolute atomic E-state index is 14.0. The Labute approximate surface area is 204 Å². The molecule has 0 aliphatic carbocycles. The van der Waals surface area contributed by atoms with Crippen molar-refractivity contribution in [2.45, 2.75) is 11.8 Å². The number of para-hydroxylation sites is 2. The Kier molecular flexibility index (Phi) is 7.66. The molecular weight excluding hydrogens is 479 g/mol. The number of fused-ring (bicyclic) bond motifs is 1. The van der Waals surface area contributed by atoms with Crippen LogP contribution in [0.4, 0.5) is 4.39 Å². The molecule has 0 saturated heterocycles. The molecule has 0 radical (unpaired) electrons. The number of rotatable bonds is 9. The quantitative estimate of drug-likeness (QED) is 0.188. The standard InChI is InChI=1S/C24H20ClFN4O3S/c1-32-22-11-15(9-10-21(22)33-13-16-17(25)5-4-6-18(16)26)12-27-30-23(31)14-34-24-28-19-7-2-3-8-20(19)29-24/h2-12H,13-14H2,1H3,(H,28,29)(H,30,31)/b27-12-. The van der Waals surface area contributed by atoms with Crippen molar-refractivity contribution in [3.63, 3.8) is 0 Å². The van der Waals surface area contributed by atoms with Crippen LogP contribution in [0.15, 0.2) is 70.9 Å². The molecule has 1 amide bonds. The fourth-order valence-corrected chi connectivity index (χ4v) is 3.94. The van der Waals surface area contributed by atoms with Crippen molar-refractivity contribution in [1.29, 1.82) is 0 Å². The van der Waals surface area contributed by atoms with E-state index in [2.05, 4.69) is 20.5 Å². The average molecular weight is 499 g/mol. The molecule has 10 heteroatoms. The third-order valence-corrected chi connectivity index (χ3v) is 5.96. The fourth-order valence-electron chi connectivity index (χ4n) is 3.05. The minimum Gasteiger partial charge on any atom is -0.493 e. The fraction of sp³-hybridized carbons (Fsp3) is 0.125. The van der Waals surface area contributed by atoms with Gasteiger partial charge in [0.25, 0.3) is 5.91 Å². The Bertz CT molecular complexity index is 1290. The number of benzene rings is 3. The van der Waals surface area contributed by atoms with E-state index in [4.69, 9.17) is 21.1 Å². The van der Waals surface area contributed by atoms with Crippen LogP contribution in [0.3, 0.4) is 0 Å². The molecule has 0 saturated carbocycles. The van der Waals surface area contributed by atoms with Crippen LogP contribution < -0.4 is 14.9 Å². The van der Waals surface area contributed by atoms with E-state index in [1.54, 1.807) is 24.3 Å². The summed E-state index contributed by atoms with van der Waals surface area (Å²) < 4.78 is 25.0. The molecule has 3 aromatic carbocycles. The maximum Gasteiger partial charge on any atom is 0.250 e. The van der Waals surface area contributed by atoms with Gasteiger partial charge < -0.3 is 14.5 Å². The Morgan fingerprint density at radius 3 is 2.85 bits per heavy atom. The molecule has 7 nitrogen and oxygen atoms in total. The van der Waals surface area contributed by atoms with Crippen LogP contribution in [0.5, 0.6) is 11.5 Å². The number of H-pyrrole nitrogens is 1. The lowest BCUT2D eigenvalue weighted by molar-refractivity contribution is -0.118. The number of halogens is 2. The number of ether oxygens (including phenoxy) is 2. The Morgan fingerprint density at radius 1 is 1.21 bits per heavy atom. The van der Waals surface area contributed by atoms with Crippen LogP contribution in [-0.2, 0) is 11.4 Å². The van der Waals surface area contributed by atoms with Crippen molar-refractivity contribution in [2.75, 3.05) is 12.9 Å². The van der Waals surface area contributed by atoms with Crippen LogP contribution >= 0.6 is 23.4 Å². The number of nitrogens with zero attached hydrogens (tertiary/aromatic N) is 2. The first-order valence-corrected chi connectivity index (χ1v) is 11.5. The Balaban J connectivity index is 1.31. The molecule has 4 aromatic rings. The van der Waals surface area contributed by atoms with Gasteiger partial charge in [0.05, 0.1) is 35.1 Å². The zero-order chi connectivity index (χ0) is 23.9. The smallest absolute Gasteiger partial charge is 0.250 e. The van der Waals surface area contributed by atoms with E-state index >= 15 is 0 Å². The first-order chi connectivity index (χ1) is 16.5. The van der Waals surface area contributed by atoms with Gasteiger partial charge in [-0.2, -0.15) is 5.10 Å². The van der Waals surface area contributed by atoms with Gasteiger partial charge in [0.1, 0.15) is 12.4 Å². The van der Waals surface area contributed by atoms with Crippen LogP contribution in [-0.4, -0.2) is 35.0 Å². The number of aromatic amines is 1. The molecular formula is C24H20ClFN4O3S. The summed E-state index contributed by atoms with van der Waals surface area (Å²) >= 11 is 7.33. The van der Waals surface area contributed by atoms with Gasteiger partial charge in [-0.05, 0) is 48.0 Å². The van der Waals surface area contributed by atoms with Crippen LogP contribution in [0.1, 0.15) is 11.1 Å². The second kappa shape index (κ2) is 11.0. The van der Waals surface area contributed by atoms with Crippen molar-refractivity contribution < 1.29 is 18.7 Å². The second-order valence-corrected chi connectivity index (χ2v) is 8.41. The highest BCUT2D eigenvalue weighted by molar-refractivity contribution is 7.99. The molecule has 0 fully saturated rings. The number of imidazole rings is 1. The van der Waals surface area contributed by atoms with Gasteiger partial charge in [-0.15, -0.1) is 0 Å². The van der Waals surface area contributed by atoms with E-state index in [1.165, 1.54) is 37.2 Å². The summed E-state index contributed by atoms with van der Waals surface area (Å²) in [6.45, 7) is -0.0474. The van der Waals surface area contributed by atoms with E-state index in [9.17, 15) is 9.18 Å². The number of methoxy groups -OCH3 is 1. The number of thioether (sulfide) groups is 1. The van der Waals surface area contributed by atoms with E-state index in [-0.39, 0.29) is 28.9 Å². The molecule has 1 aromatic heterocycles. The summed E-state index contributed by atoms with van der Waals surface area (Å²) in [6.07, 6.45) is 1.49. The van der Waals surface area contributed by atoms with Crippen LogP contribution in [0.2, 0.25) is 5.02 Å². The summed E-state index contributed by atoms with van der Waals surface area (Å²) in [4.78, 5) is 19.7. The van der Waals surface area contributed by atoms with E-state index in [1.807, 2.05) is 24.3 Å². The SMILES string of the molecule is COc1cc(/C=N\NC(=O)CSc2nc3ccccc3[nH]2)ccc1OCc1c(F)cccc1Cl. The predicted molar refractivity (Wildman–Crippen MR) is 131 cm³/mol. The van der Waals surface area contributed by atoms with E-state index in [0.29, 0.717) is 22.2 Å². The summed E-state index contributed by atoms with van der Waals surface area (Å²) in [7, 11) is 1.50. The topological polar surface area (TPSA) is 88.6 Å². The highest BCUT2D eigenvalue weighted by Crippen LogP contribution is 2.29. The van der Waals surface area contributed by atoms with E-state index in [0.717, 1.165) is 11.0 Å². The zero-order valence-electron chi connectivity index (χ0n) is 18.0.